The first-order valence-corrected chi connectivity index (χ1v) is 5.01. The molecule has 1 aromatic heterocycles. The van der Waals surface area contributed by atoms with Gasteiger partial charge in [0.15, 0.2) is 0 Å². The Hall–Kier alpha value is -2.43. The molecule has 88 valence electrons. The van der Waals surface area contributed by atoms with Crippen LogP contribution in [-0.2, 0) is 11.2 Å². The molecule has 0 saturated heterocycles. The molecule has 0 unspecified atom stereocenters. The van der Waals surface area contributed by atoms with Gasteiger partial charge < -0.3 is 15.1 Å². The Morgan fingerprint density at radius 1 is 1.06 bits per heavy atom. The van der Waals surface area contributed by atoms with Crippen molar-refractivity contribution in [1.82, 2.24) is 4.73 Å². The predicted octanol–water partition coefficient (Wildman–Crippen LogP) is 1.10. The zero-order valence-corrected chi connectivity index (χ0v) is 8.91. The van der Waals surface area contributed by atoms with Crippen LogP contribution < -0.4 is 4.84 Å². The highest BCUT2D eigenvalue weighted by atomic mass is 16.7. The van der Waals surface area contributed by atoms with E-state index >= 15 is 0 Å². The van der Waals surface area contributed by atoms with E-state index in [1.807, 2.05) is 18.2 Å². The SMILES string of the molecule is O=C(Cc1ccccc1)On1c(O)ccc1O. The molecule has 2 rings (SSSR count). The molecule has 1 heterocycles. The average molecular weight is 233 g/mol. The van der Waals surface area contributed by atoms with Gasteiger partial charge in [0.2, 0.25) is 11.8 Å². The number of aromatic nitrogens is 1. The van der Waals surface area contributed by atoms with E-state index in [1.54, 1.807) is 12.1 Å². The van der Waals surface area contributed by atoms with Gasteiger partial charge in [-0.1, -0.05) is 30.3 Å². The van der Waals surface area contributed by atoms with E-state index in [1.165, 1.54) is 12.1 Å². The molecule has 5 heteroatoms. The first-order valence-electron chi connectivity index (χ1n) is 5.01. The number of hydrogen-bond donors (Lipinski definition) is 2. The lowest BCUT2D eigenvalue weighted by molar-refractivity contribution is -0.144. The third kappa shape index (κ3) is 2.57. The zero-order chi connectivity index (χ0) is 12.3. The van der Waals surface area contributed by atoms with E-state index in [4.69, 9.17) is 4.84 Å². The maximum atomic E-state index is 11.5. The van der Waals surface area contributed by atoms with E-state index in [0.717, 1.165) is 5.56 Å². The van der Waals surface area contributed by atoms with Crippen LogP contribution in [0.15, 0.2) is 42.5 Å². The minimum absolute atomic E-state index is 0.0674. The van der Waals surface area contributed by atoms with Crippen molar-refractivity contribution in [3.63, 3.8) is 0 Å². The molecule has 2 aromatic rings. The summed E-state index contributed by atoms with van der Waals surface area (Å²) >= 11 is 0. The molecule has 2 N–H and O–H groups in total. The number of aromatic hydroxyl groups is 2. The number of nitrogens with zero attached hydrogens (tertiary/aromatic N) is 1. The third-order valence-electron chi connectivity index (χ3n) is 2.18. The molecule has 0 bridgehead atoms. The van der Waals surface area contributed by atoms with Crippen LogP contribution in [0.4, 0.5) is 0 Å². The number of hydrogen-bond acceptors (Lipinski definition) is 4. The molecular weight excluding hydrogens is 222 g/mol. The highest BCUT2D eigenvalue weighted by Crippen LogP contribution is 2.18. The Kier molecular flexibility index (Phi) is 3.00. The summed E-state index contributed by atoms with van der Waals surface area (Å²) in [5.74, 6) is -1.23. The standard InChI is InChI=1S/C12H11NO4/c14-10-6-7-11(15)13(10)17-12(16)8-9-4-2-1-3-5-9/h1-7,14-15H,8H2. The van der Waals surface area contributed by atoms with Gasteiger partial charge in [-0.05, 0) is 5.56 Å². The number of carbonyl (C=O) groups is 1. The Bertz CT molecular complexity index is 499. The maximum Gasteiger partial charge on any atom is 0.337 e. The Morgan fingerprint density at radius 3 is 2.24 bits per heavy atom. The van der Waals surface area contributed by atoms with E-state index in [0.29, 0.717) is 4.73 Å². The molecule has 0 atom stereocenters. The summed E-state index contributed by atoms with van der Waals surface area (Å²) in [6.45, 7) is 0. The van der Waals surface area contributed by atoms with Crippen LogP contribution in [0, 0.1) is 0 Å². The Labute approximate surface area is 97.5 Å². The summed E-state index contributed by atoms with van der Waals surface area (Å²) in [7, 11) is 0. The van der Waals surface area contributed by atoms with Gasteiger partial charge in [0, 0.05) is 12.1 Å². The van der Waals surface area contributed by atoms with Gasteiger partial charge in [0.1, 0.15) is 0 Å². The second kappa shape index (κ2) is 4.61. The molecule has 5 nitrogen and oxygen atoms in total. The monoisotopic (exact) mass is 233 g/mol. The van der Waals surface area contributed by atoms with Crippen molar-refractivity contribution >= 4 is 5.97 Å². The van der Waals surface area contributed by atoms with Crippen LogP contribution >= 0.6 is 0 Å². The number of carbonyl (C=O) groups excluding carboxylic acids is 1. The fraction of sp³-hybridized carbons (Fsp3) is 0.0833. The van der Waals surface area contributed by atoms with Gasteiger partial charge in [0.05, 0.1) is 6.42 Å². The molecule has 0 aliphatic rings. The quantitative estimate of drug-likeness (QED) is 0.832. The van der Waals surface area contributed by atoms with Crippen LogP contribution in [0.3, 0.4) is 0 Å². The van der Waals surface area contributed by atoms with Crippen molar-refractivity contribution < 1.29 is 19.8 Å². The maximum absolute atomic E-state index is 11.5. The fourth-order valence-corrected chi connectivity index (χ4v) is 1.39. The summed E-state index contributed by atoms with van der Waals surface area (Å²) in [6, 6.07) is 11.5. The highest BCUT2D eigenvalue weighted by molar-refractivity contribution is 5.73. The first-order chi connectivity index (χ1) is 8.16. The van der Waals surface area contributed by atoms with Gasteiger partial charge in [-0.3, -0.25) is 0 Å². The number of benzene rings is 1. The second-order valence-electron chi connectivity index (χ2n) is 3.47. The van der Waals surface area contributed by atoms with Gasteiger partial charge in [0.25, 0.3) is 0 Å². The fourth-order valence-electron chi connectivity index (χ4n) is 1.39. The third-order valence-corrected chi connectivity index (χ3v) is 2.18. The minimum atomic E-state index is -0.571. The predicted molar refractivity (Wildman–Crippen MR) is 59.5 cm³/mol. The molecule has 0 amide bonds. The Morgan fingerprint density at radius 2 is 1.65 bits per heavy atom. The molecule has 0 aliphatic heterocycles. The van der Waals surface area contributed by atoms with E-state index in [9.17, 15) is 15.0 Å². The lowest BCUT2D eigenvalue weighted by Crippen LogP contribution is -2.20. The van der Waals surface area contributed by atoms with Crippen LogP contribution in [0.2, 0.25) is 0 Å². The van der Waals surface area contributed by atoms with Crippen molar-refractivity contribution in [3.8, 4) is 11.8 Å². The summed E-state index contributed by atoms with van der Waals surface area (Å²) in [5, 5.41) is 18.5. The minimum Gasteiger partial charge on any atom is -0.492 e. The van der Waals surface area contributed by atoms with Crippen molar-refractivity contribution in [3.05, 3.63) is 48.0 Å². The lowest BCUT2D eigenvalue weighted by atomic mass is 10.2. The summed E-state index contributed by atoms with van der Waals surface area (Å²) in [5.41, 5.74) is 0.795. The molecule has 0 saturated carbocycles. The largest absolute Gasteiger partial charge is 0.492 e. The molecule has 1 aromatic carbocycles. The Balaban J connectivity index is 2.03. The molecule has 0 fully saturated rings. The van der Waals surface area contributed by atoms with E-state index in [2.05, 4.69) is 0 Å². The summed E-state index contributed by atoms with van der Waals surface area (Å²) in [6.07, 6.45) is 0.0674. The van der Waals surface area contributed by atoms with Crippen LogP contribution in [0.5, 0.6) is 11.8 Å². The van der Waals surface area contributed by atoms with Gasteiger partial charge >= 0.3 is 5.97 Å². The van der Waals surface area contributed by atoms with Crippen LogP contribution in [0.25, 0.3) is 0 Å². The van der Waals surface area contributed by atoms with E-state index in [-0.39, 0.29) is 18.2 Å². The smallest absolute Gasteiger partial charge is 0.337 e. The van der Waals surface area contributed by atoms with Gasteiger partial charge in [-0.2, -0.15) is 0 Å². The molecule has 0 radical (unpaired) electrons. The summed E-state index contributed by atoms with van der Waals surface area (Å²) < 4.78 is 0.672. The topological polar surface area (TPSA) is 71.7 Å². The average Bonchev–Trinajstić information content (AvgIpc) is 2.62. The van der Waals surface area contributed by atoms with Crippen molar-refractivity contribution in [1.29, 1.82) is 0 Å². The first kappa shape index (κ1) is 11.1. The van der Waals surface area contributed by atoms with Crippen molar-refractivity contribution in [2.45, 2.75) is 6.42 Å². The molecule has 0 spiro atoms. The van der Waals surface area contributed by atoms with E-state index < -0.39 is 5.97 Å². The zero-order valence-electron chi connectivity index (χ0n) is 8.91. The molecule has 0 aliphatic carbocycles. The second-order valence-corrected chi connectivity index (χ2v) is 3.47. The van der Waals surface area contributed by atoms with Crippen LogP contribution in [0.1, 0.15) is 5.56 Å². The lowest BCUT2D eigenvalue weighted by Gasteiger charge is -2.06. The normalized spacial score (nSPS) is 10.1. The van der Waals surface area contributed by atoms with Gasteiger partial charge in [-0.25, -0.2) is 4.79 Å². The molecular formula is C12H11NO4. The van der Waals surface area contributed by atoms with Gasteiger partial charge in [-0.15, -0.1) is 4.73 Å². The van der Waals surface area contributed by atoms with Crippen LogP contribution in [-0.4, -0.2) is 20.9 Å². The molecule has 17 heavy (non-hydrogen) atoms. The number of rotatable bonds is 3. The van der Waals surface area contributed by atoms with Crippen molar-refractivity contribution in [2.75, 3.05) is 0 Å². The summed E-state index contributed by atoms with van der Waals surface area (Å²) in [4.78, 5) is 16.3. The highest BCUT2D eigenvalue weighted by Gasteiger charge is 2.12. The van der Waals surface area contributed by atoms with Crippen molar-refractivity contribution in [2.24, 2.45) is 0 Å².